The maximum atomic E-state index is 13.2. The van der Waals surface area contributed by atoms with E-state index in [-0.39, 0.29) is 16.8 Å². The van der Waals surface area contributed by atoms with E-state index in [0.29, 0.717) is 16.9 Å². The maximum Gasteiger partial charge on any atom is 0.255 e. The summed E-state index contributed by atoms with van der Waals surface area (Å²) in [4.78, 5) is 25.4. The predicted octanol–water partition coefficient (Wildman–Crippen LogP) is 5.99. The fourth-order valence-electron chi connectivity index (χ4n) is 2.50. The summed E-state index contributed by atoms with van der Waals surface area (Å²) < 4.78 is 26.2. The first-order chi connectivity index (χ1) is 14.3. The van der Waals surface area contributed by atoms with Gasteiger partial charge in [-0.05, 0) is 73.7 Å². The normalized spacial score (nSPS) is 11.6. The van der Waals surface area contributed by atoms with Crippen molar-refractivity contribution in [3.63, 3.8) is 0 Å². The Morgan fingerprint density at radius 2 is 1.53 bits per heavy atom. The summed E-state index contributed by atoms with van der Waals surface area (Å²) in [6.45, 7) is 1.75. The molecule has 0 fully saturated rings. The average molecular weight is 447 g/mol. The second kappa shape index (κ2) is 9.73. The van der Waals surface area contributed by atoms with Gasteiger partial charge in [-0.2, -0.15) is 0 Å². The molecule has 8 heteroatoms. The molecule has 0 saturated carbocycles. The summed E-state index contributed by atoms with van der Waals surface area (Å²) in [6.07, 6.45) is 0. The van der Waals surface area contributed by atoms with Crippen molar-refractivity contribution >= 4 is 46.6 Å². The van der Waals surface area contributed by atoms with E-state index < -0.39 is 16.9 Å². The molecule has 0 aliphatic heterocycles. The van der Waals surface area contributed by atoms with Gasteiger partial charge in [0.1, 0.15) is 11.6 Å². The standard InChI is InChI=1S/C22H17ClF2N2O2S/c1-13(21(28)27-17-8-11-20(25)19(23)12-17)30-18-9-6-16(7-10-18)26-22(29)14-2-4-15(24)5-3-14/h2-13H,1H3,(H,26,29)(H,27,28). The van der Waals surface area contributed by atoms with E-state index in [0.717, 1.165) is 4.90 Å². The molecule has 2 amide bonds. The van der Waals surface area contributed by atoms with Crippen molar-refractivity contribution in [1.29, 1.82) is 0 Å². The van der Waals surface area contributed by atoms with Crippen molar-refractivity contribution in [3.05, 3.63) is 89.0 Å². The molecular weight excluding hydrogens is 430 g/mol. The molecule has 0 aliphatic carbocycles. The number of anilines is 2. The van der Waals surface area contributed by atoms with Crippen LogP contribution in [0.5, 0.6) is 0 Å². The van der Waals surface area contributed by atoms with Crippen LogP contribution in [0.4, 0.5) is 20.2 Å². The Balaban J connectivity index is 1.56. The highest BCUT2D eigenvalue weighted by Crippen LogP contribution is 2.26. The van der Waals surface area contributed by atoms with Gasteiger partial charge in [0.2, 0.25) is 5.91 Å². The first kappa shape index (κ1) is 21.8. The molecule has 3 rings (SSSR count). The van der Waals surface area contributed by atoms with Gasteiger partial charge in [-0.25, -0.2) is 8.78 Å². The lowest BCUT2D eigenvalue weighted by molar-refractivity contribution is -0.115. The van der Waals surface area contributed by atoms with E-state index in [9.17, 15) is 18.4 Å². The van der Waals surface area contributed by atoms with Gasteiger partial charge in [-0.1, -0.05) is 11.6 Å². The Morgan fingerprint density at radius 1 is 0.900 bits per heavy atom. The lowest BCUT2D eigenvalue weighted by atomic mass is 10.2. The van der Waals surface area contributed by atoms with Gasteiger partial charge < -0.3 is 10.6 Å². The van der Waals surface area contributed by atoms with Gasteiger partial charge in [0, 0.05) is 21.8 Å². The molecule has 3 aromatic carbocycles. The number of hydrogen-bond acceptors (Lipinski definition) is 3. The van der Waals surface area contributed by atoms with Gasteiger partial charge in [0.25, 0.3) is 5.91 Å². The molecule has 0 bridgehead atoms. The number of rotatable bonds is 6. The summed E-state index contributed by atoms with van der Waals surface area (Å²) in [6, 6.07) is 16.2. The quantitative estimate of drug-likeness (QED) is 0.457. The van der Waals surface area contributed by atoms with Crippen molar-refractivity contribution in [2.75, 3.05) is 10.6 Å². The summed E-state index contributed by atoms with van der Waals surface area (Å²) in [7, 11) is 0. The Kier molecular flexibility index (Phi) is 7.07. The van der Waals surface area contributed by atoms with Gasteiger partial charge in [-0.3, -0.25) is 9.59 Å². The molecule has 0 aromatic heterocycles. The van der Waals surface area contributed by atoms with Crippen molar-refractivity contribution < 1.29 is 18.4 Å². The molecule has 3 aromatic rings. The average Bonchev–Trinajstić information content (AvgIpc) is 2.72. The number of hydrogen-bond donors (Lipinski definition) is 2. The molecule has 0 radical (unpaired) electrons. The van der Waals surface area contributed by atoms with Crippen LogP contribution in [0.2, 0.25) is 5.02 Å². The van der Waals surface area contributed by atoms with Crippen LogP contribution in [-0.2, 0) is 4.79 Å². The van der Waals surface area contributed by atoms with Crippen LogP contribution in [0.15, 0.2) is 71.6 Å². The van der Waals surface area contributed by atoms with Gasteiger partial charge in [0.15, 0.2) is 0 Å². The number of nitrogens with one attached hydrogen (secondary N) is 2. The lowest BCUT2D eigenvalue weighted by Gasteiger charge is -2.13. The van der Waals surface area contributed by atoms with Crippen molar-refractivity contribution in [3.8, 4) is 0 Å². The summed E-state index contributed by atoms with van der Waals surface area (Å²) in [5.41, 5.74) is 1.34. The monoisotopic (exact) mass is 446 g/mol. The minimum atomic E-state index is -0.552. The van der Waals surface area contributed by atoms with Crippen molar-refractivity contribution in [2.24, 2.45) is 0 Å². The van der Waals surface area contributed by atoms with Crippen LogP contribution < -0.4 is 10.6 Å². The predicted molar refractivity (Wildman–Crippen MR) is 116 cm³/mol. The lowest BCUT2D eigenvalue weighted by Crippen LogP contribution is -2.22. The summed E-state index contributed by atoms with van der Waals surface area (Å²) in [5, 5.41) is 4.94. The largest absolute Gasteiger partial charge is 0.325 e. The molecular formula is C22H17ClF2N2O2S. The second-order valence-electron chi connectivity index (χ2n) is 6.36. The highest BCUT2D eigenvalue weighted by atomic mass is 35.5. The van der Waals surface area contributed by atoms with E-state index in [1.807, 2.05) is 0 Å². The topological polar surface area (TPSA) is 58.2 Å². The molecule has 0 aliphatic rings. The molecule has 0 saturated heterocycles. The first-order valence-corrected chi connectivity index (χ1v) is 10.2. The maximum absolute atomic E-state index is 13.2. The summed E-state index contributed by atoms with van der Waals surface area (Å²) >= 11 is 7.06. The number of amides is 2. The molecule has 4 nitrogen and oxygen atoms in total. The Hall–Kier alpha value is -2.90. The van der Waals surface area contributed by atoms with Gasteiger partial charge in [0.05, 0.1) is 10.3 Å². The fourth-order valence-corrected chi connectivity index (χ4v) is 3.54. The molecule has 0 spiro atoms. The number of thioether (sulfide) groups is 1. The Bertz CT molecular complexity index is 1060. The molecule has 0 heterocycles. The zero-order chi connectivity index (χ0) is 21.7. The van der Waals surface area contributed by atoms with Crippen molar-refractivity contribution in [1.82, 2.24) is 0 Å². The van der Waals surface area contributed by atoms with Crippen LogP contribution in [0.1, 0.15) is 17.3 Å². The SMILES string of the molecule is CC(Sc1ccc(NC(=O)c2ccc(F)cc2)cc1)C(=O)Nc1ccc(F)c(Cl)c1. The van der Waals surface area contributed by atoms with Crippen LogP contribution in [0.25, 0.3) is 0 Å². The van der Waals surface area contributed by atoms with Crippen LogP contribution in [-0.4, -0.2) is 17.1 Å². The first-order valence-electron chi connectivity index (χ1n) is 8.91. The molecule has 1 atom stereocenters. The molecule has 1 unspecified atom stereocenters. The Labute approximate surface area is 181 Å². The Morgan fingerprint density at radius 3 is 2.17 bits per heavy atom. The van der Waals surface area contributed by atoms with E-state index >= 15 is 0 Å². The van der Waals surface area contributed by atoms with Gasteiger partial charge >= 0.3 is 0 Å². The molecule has 154 valence electrons. The van der Waals surface area contributed by atoms with E-state index in [1.165, 1.54) is 54.2 Å². The zero-order valence-corrected chi connectivity index (χ0v) is 17.4. The third kappa shape index (κ3) is 5.81. The number of halogens is 3. The van der Waals surface area contributed by atoms with E-state index in [4.69, 9.17) is 11.6 Å². The number of benzene rings is 3. The number of carbonyl (C=O) groups is 2. The fraction of sp³-hybridized carbons (Fsp3) is 0.0909. The van der Waals surface area contributed by atoms with E-state index in [2.05, 4.69) is 10.6 Å². The van der Waals surface area contributed by atoms with Gasteiger partial charge in [-0.15, -0.1) is 11.8 Å². The third-order valence-electron chi connectivity index (χ3n) is 4.09. The highest BCUT2D eigenvalue weighted by molar-refractivity contribution is 8.00. The smallest absolute Gasteiger partial charge is 0.255 e. The minimum Gasteiger partial charge on any atom is -0.325 e. The van der Waals surface area contributed by atoms with Crippen molar-refractivity contribution in [2.45, 2.75) is 17.1 Å². The third-order valence-corrected chi connectivity index (χ3v) is 5.49. The molecule has 2 N–H and O–H groups in total. The molecule has 30 heavy (non-hydrogen) atoms. The van der Waals surface area contributed by atoms with Crippen LogP contribution in [0, 0.1) is 11.6 Å². The second-order valence-corrected chi connectivity index (χ2v) is 8.19. The highest BCUT2D eigenvalue weighted by Gasteiger charge is 2.15. The minimum absolute atomic E-state index is 0.0635. The van der Waals surface area contributed by atoms with Crippen LogP contribution >= 0.6 is 23.4 Å². The zero-order valence-electron chi connectivity index (χ0n) is 15.8. The summed E-state index contributed by atoms with van der Waals surface area (Å²) in [5.74, 6) is -1.56. The van der Waals surface area contributed by atoms with E-state index in [1.54, 1.807) is 31.2 Å². The number of carbonyl (C=O) groups excluding carboxylic acids is 2. The van der Waals surface area contributed by atoms with Crippen LogP contribution in [0.3, 0.4) is 0 Å².